The molecule has 0 aliphatic carbocycles. The summed E-state index contributed by atoms with van der Waals surface area (Å²) in [5.74, 6) is 0.00659. The largest absolute Gasteiger partial charge is 0.340 e. The van der Waals surface area contributed by atoms with Gasteiger partial charge in [0.1, 0.15) is 0 Å². The first-order valence-corrected chi connectivity index (χ1v) is 12.9. The van der Waals surface area contributed by atoms with Crippen molar-refractivity contribution in [3.8, 4) is 0 Å². The summed E-state index contributed by atoms with van der Waals surface area (Å²) in [7, 11) is -3.70. The molecule has 1 aliphatic rings. The van der Waals surface area contributed by atoms with Gasteiger partial charge in [-0.25, -0.2) is 8.42 Å². The average molecular weight is 474 g/mol. The lowest BCUT2D eigenvalue weighted by molar-refractivity contribution is -0.131. The second-order valence-corrected chi connectivity index (χ2v) is 11.3. The van der Waals surface area contributed by atoms with Crippen molar-refractivity contribution >= 4 is 37.5 Å². The highest BCUT2D eigenvalue weighted by molar-refractivity contribution is 7.89. The Kier molecular flexibility index (Phi) is 6.24. The maximum Gasteiger partial charge on any atom is 0.308 e. The molecule has 2 aromatic carbocycles. The number of sulfonamides is 1. The zero-order chi connectivity index (χ0) is 23.0. The van der Waals surface area contributed by atoms with Gasteiger partial charge in [0.05, 0.1) is 21.5 Å². The molecule has 0 bridgehead atoms. The zero-order valence-electron chi connectivity index (χ0n) is 18.4. The van der Waals surface area contributed by atoms with Crippen molar-refractivity contribution < 1.29 is 13.2 Å². The maximum absolute atomic E-state index is 13.2. The average Bonchev–Trinajstić information content (AvgIpc) is 3.10. The topological polar surface area (TPSA) is 79.7 Å². The number of fused-ring (bicyclic) bond motifs is 1. The van der Waals surface area contributed by atoms with E-state index in [2.05, 4.69) is 0 Å². The molecule has 9 heteroatoms. The Morgan fingerprint density at radius 1 is 1.03 bits per heavy atom. The van der Waals surface area contributed by atoms with Crippen LogP contribution >= 0.6 is 11.3 Å². The summed E-state index contributed by atoms with van der Waals surface area (Å²) in [6.45, 7) is 7.09. The third-order valence-electron chi connectivity index (χ3n) is 5.81. The van der Waals surface area contributed by atoms with Crippen molar-refractivity contribution in [1.29, 1.82) is 0 Å². The number of piperazine rings is 1. The number of thiazole rings is 1. The SMILES string of the molecule is Cc1ccc(CC(=O)N2CCN(S(=O)(=O)c3ccc4c(c3)sc(=O)n4C(C)C)CC2)cc1. The molecule has 0 unspecified atom stereocenters. The van der Waals surface area contributed by atoms with Crippen LogP contribution in [0.3, 0.4) is 0 Å². The highest BCUT2D eigenvalue weighted by atomic mass is 32.2. The molecule has 0 radical (unpaired) electrons. The molecular formula is C23H27N3O4S2. The normalized spacial score (nSPS) is 15.6. The number of hydrogen-bond donors (Lipinski definition) is 0. The van der Waals surface area contributed by atoms with Crippen LogP contribution in [-0.4, -0.2) is 54.3 Å². The summed E-state index contributed by atoms with van der Waals surface area (Å²) >= 11 is 1.06. The number of carbonyl (C=O) groups excluding carboxylic acids is 1. The maximum atomic E-state index is 13.2. The summed E-state index contributed by atoms with van der Waals surface area (Å²) in [4.78, 5) is 26.7. The second-order valence-electron chi connectivity index (χ2n) is 8.41. The Morgan fingerprint density at radius 2 is 1.69 bits per heavy atom. The molecule has 1 amide bonds. The molecule has 3 aromatic rings. The fourth-order valence-electron chi connectivity index (χ4n) is 3.99. The number of hydrogen-bond acceptors (Lipinski definition) is 5. The van der Waals surface area contributed by atoms with E-state index in [4.69, 9.17) is 0 Å². The Bertz CT molecular complexity index is 1300. The van der Waals surface area contributed by atoms with Crippen molar-refractivity contribution in [3.63, 3.8) is 0 Å². The van der Waals surface area contributed by atoms with Gasteiger partial charge >= 0.3 is 4.87 Å². The molecule has 0 spiro atoms. The summed E-state index contributed by atoms with van der Waals surface area (Å²) in [6.07, 6.45) is 0.315. The van der Waals surface area contributed by atoms with Gasteiger partial charge in [-0.2, -0.15) is 4.31 Å². The molecule has 0 saturated carbocycles. The molecule has 4 rings (SSSR count). The van der Waals surface area contributed by atoms with Crippen molar-refractivity contribution in [2.75, 3.05) is 26.2 Å². The molecule has 1 aromatic heterocycles. The van der Waals surface area contributed by atoms with Gasteiger partial charge in [0, 0.05) is 32.2 Å². The first kappa shape index (κ1) is 22.7. The highest BCUT2D eigenvalue weighted by Crippen LogP contribution is 2.26. The zero-order valence-corrected chi connectivity index (χ0v) is 20.1. The summed E-state index contributed by atoms with van der Waals surface area (Å²) in [5.41, 5.74) is 2.85. The number of aromatic nitrogens is 1. The molecule has 1 fully saturated rings. The molecule has 0 N–H and O–H groups in total. The number of aryl methyl sites for hydroxylation is 1. The van der Waals surface area contributed by atoms with Gasteiger partial charge in [0.2, 0.25) is 15.9 Å². The molecule has 1 saturated heterocycles. The van der Waals surface area contributed by atoms with Gasteiger partial charge < -0.3 is 4.90 Å². The van der Waals surface area contributed by atoms with E-state index in [0.717, 1.165) is 28.0 Å². The van der Waals surface area contributed by atoms with Gasteiger partial charge in [-0.05, 0) is 44.5 Å². The Morgan fingerprint density at radius 3 is 2.31 bits per heavy atom. The first-order chi connectivity index (χ1) is 15.2. The fraction of sp³-hybridized carbons (Fsp3) is 0.391. The standard InChI is InChI=1S/C23H27N3O4S2/c1-16(2)26-20-9-8-19(15-21(20)31-23(26)28)32(29,30)25-12-10-24(11-13-25)22(27)14-18-6-4-17(3)5-7-18/h4-9,15-16H,10-14H2,1-3H3. The van der Waals surface area contributed by atoms with Gasteiger partial charge in [0.25, 0.3) is 0 Å². The van der Waals surface area contributed by atoms with Gasteiger partial charge in [-0.3, -0.25) is 14.2 Å². The lowest BCUT2D eigenvalue weighted by Gasteiger charge is -2.34. The van der Waals surface area contributed by atoms with E-state index in [0.29, 0.717) is 24.2 Å². The fourth-order valence-corrected chi connectivity index (χ4v) is 6.56. The van der Waals surface area contributed by atoms with Gasteiger partial charge in [-0.15, -0.1) is 0 Å². The van der Waals surface area contributed by atoms with Crippen LogP contribution in [0.2, 0.25) is 0 Å². The van der Waals surface area contributed by atoms with Crippen LogP contribution in [0.1, 0.15) is 31.0 Å². The van der Waals surface area contributed by atoms with Crippen molar-refractivity contribution in [2.24, 2.45) is 0 Å². The van der Waals surface area contributed by atoms with E-state index in [1.165, 1.54) is 4.31 Å². The van der Waals surface area contributed by atoms with E-state index in [1.807, 2.05) is 45.0 Å². The highest BCUT2D eigenvalue weighted by Gasteiger charge is 2.30. The van der Waals surface area contributed by atoms with Gasteiger partial charge in [-0.1, -0.05) is 41.2 Å². The second kappa shape index (κ2) is 8.80. The van der Waals surface area contributed by atoms with E-state index < -0.39 is 10.0 Å². The molecule has 170 valence electrons. The molecule has 7 nitrogen and oxygen atoms in total. The Labute approximate surface area is 191 Å². The van der Waals surface area contributed by atoms with E-state index >= 15 is 0 Å². The first-order valence-electron chi connectivity index (χ1n) is 10.7. The summed E-state index contributed by atoms with van der Waals surface area (Å²) in [5, 5.41) is 0. The van der Waals surface area contributed by atoms with Crippen LogP contribution in [0.5, 0.6) is 0 Å². The van der Waals surface area contributed by atoms with Crippen LogP contribution in [0, 0.1) is 6.92 Å². The smallest absolute Gasteiger partial charge is 0.308 e. The lowest BCUT2D eigenvalue weighted by Crippen LogP contribution is -2.50. The minimum Gasteiger partial charge on any atom is -0.340 e. The molecule has 0 atom stereocenters. The van der Waals surface area contributed by atoms with Crippen LogP contribution in [0.25, 0.3) is 10.2 Å². The van der Waals surface area contributed by atoms with Crippen LogP contribution in [0.4, 0.5) is 0 Å². The number of carbonyl (C=O) groups is 1. The van der Waals surface area contributed by atoms with Crippen molar-refractivity contribution in [1.82, 2.24) is 13.8 Å². The van der Waals surface area contributed by atoms with E-state index in [9.17, 15) is 18.0 Å². The predicted molar refractivity (Wildman–Crippen MR) is 127 cm³/mol. The van der Waals surface area contributed by atoms with E-state index in [1.54, 1.807) is 27.7 Å². The van der Waals surface area contributed by atoms with Crippen molar-refractivity contribution in [3.05, 3.63) is 63.3 Å². The summed E-state index contributed by atoms with van der Waals surface area (Å²) in [6, 6.07) is 12.7. The molecular weight excluding hydrogens is 446 g/mol. The number of benzene rings is 2. The monoisotopic (exact) mass is 473 g/mol. The predicted octanol–water partition coefficient (Wildman–Crippen LogP) is 3.03. The van der Waals surface area contributed by atoms with Crippen molar-refractivity contribution in [2.45, 2.75) is 38.1 Å². The molecule has 32 heavy (non-hydrogen) atoms. The number of rotatable bonds is 5. The molecule has 1 aliphatic heterocycles. The van der Waals surface area contributed by atoms with Crippen LogP contribution in [-0.2, 0) is 21.2 Å². The quantitative estimate of drug-likeness (QED) is 0.571. The minimum absolute atomic E-state index is 0.00392. The van der Waals surface area contributed by atoms with Gasteiger partial charge in [0.15, 0.2) is 0 Å². The Balaban J connectivity index is 1.46. The molecule has 2 heterocycles. The van der Waals surface area contributed by atoms with Crippen LogP contribution < -0.4 is 4.87 Å². The summed E-state index contributed by atoms with van der Waals surface area (Å²) < 4.78 is 30.2. The third kappa shape index (κ3) is 4.37. The van der Waals surface area contributed by atoms with E-state index in [-0.39, 0.29) is 34.8 Å². The number of amides is 1. The van der Waals surface area contributed by atoms with Crippen LogP contribution in [0.15, 0.2) is 52.2 Å². The number of nitrogens with zero attached hydrogens (tertiary/aromatic N) is 3. The Hall–Kier alpha value is -2.49. The third-order valence-corrected chi connectivity index (χ3v) is 8.62. The lowest BCUT2D eigenvalue weighted by atomic mass is 10.1. The minimum atomic E-state index is -3.70.